The van der Waals surface area contributed by atoms with Crippen LogP contribution in [0.1, 0.15) is 19.4 Å². The maximum absolute atomic E-state index is 9.41. The van der Waals surface area contributed by atoms with Crippen LogP contribution in [0.4, 0.5) is 0 Å². The number of aliphatic hydroxyl groups is 1. The predicted molar refractivity (Wildman–Crippen MR) is 80.2 cm³/mol. The summed E-state index contributed by atoms with van der Waals surface area (Å²) in [6, 6.07) is 7.92. The quantitative estimate of drug-likeness (QED) is 0.897. The van der Waals surface area contributed by atoms with Gasteiger partial charge in [-0.2, -0.15) is 0 Å². The summed E-state index contributed by atoms with van der Waals surface area (Å²) in [5, 5.41) is 9.41. The maximum Gasteiger partial charge on any atom is 0.122 e. The molecule has 1 N–H and O–H groups in total. The molecule has 1 fully saturated rings. The summed E-state index contributed by atoms with van der Waals surface area (Å²) in [7, 11) is 0. The number of nitrogens with zero attached hydrogens (tertiary/aromatic N) is 1. The molecule has 118 valence electrons. The molecule has 0 amide bonds. The normalized spacial score (nSPS) is 21.0. The van der Waals surface area contributed by atoms with Crippen LogP contribution in [0.25, 0.3) is 0 Å². The topological polar surface area (TPSA) is 51.2 Å². The van der Waals surface area contributed by atoms with Crippen molar-refractivity contribution in [1.82, 2.24) is 4.90 Å². The largest absolute Gasteiger partial charge is 0.491 e. The molecule has 1 aromatic carbocycles. The van der Waals surface area contributed by atoms with Gasteiger partial charge in [0.15, 0.2) is 0 Å². The molecule has 1 aliphatic rings. The number of hydrogen-bond acceptors (Lipinski definition) is 5. The minimum absolute atomic E-state index is 0.0596. The first-order valence-electron chi connectivity index (χ1n) is 7.26. The van der Waals surface area contributed by atoms with E-state index in [1.807, 2.05) is 49.9 Å². The van der Waals surface area contributed by atoms with Crippen LogP contribution in [0.3, 0.4) is 0 Å². The van der Waals surface area contributed by atoms with Crippen LogP contribution in [-0.4, -0.2) is 54.9 Å². The summed E-state index contributed by atoms with van der Waals surface area (Å²) in [5.74, 6) is 0.873. The van der Waals surface area contributed by atoms with Gasteiger partial charge in [-0.3, -0.25) is 4.90 Å². The van der Waals surface area contributed by atoms with Gasteiger partial charge in [0.05, 0.1) is 13.2 Å². The van der Waals surface area contributed by atoms with Gasteiger partial charge in [0.2, 0.25) is 0 Å². The van der Waals surface area contributed by atoms with Crippen molar-refractivity contribution in [2.75, 3.05) is 33.3 Å². The smallest absolute Gasteiger partial charge is 0.122 e. The monoisotopic (exact) mass is 295 g/mol. The Hall–Kier alpha value is -1.14. The van der Waals surface area contributed by atoms with Crippen molar-refractivity contribution < 1.29 is 19.3 Å². The van der Waals surface area contributed by atoms with E-state index < -0.39 is 0 Å². The fourth-order valence-electron chi connectivity index (χ4n) is 2.02. The predicted octanol–water partition coefficient (Wildman–Crippen LogP) is 1.78. The van der Waals surface area contributed by atoms with Gasteiger partial charge in [-0.15, -0.1) is 0 Å². The zero-order valence-electron chi connectivity index (χ0n) is 13.0. The third-order valence-corrected chi connectivity index (χ3v) is 3.78. The molecule has 1 atom stereocenters. The minimum Gasteiger partial charge on any atom is -0.491 e. The van der Waals surface area contributed by atoms with Gasteiger partial charge in [-0.1, -0.05) is 18.2 Å². The third kappa shape index (κ3) is 4.41. The van der Waals surface area contributed by atoms with E-state index in [1.165, 1.54) is 0 Å². The number of benzene rings is 1. The Balaban J connectivity index is 1.85. The van der Waals surface area contributed by atoms with E-state index in [0.717, 1.165) is 11.3 Å². The molecule has 1 heterocycles. The van der Waals surface area contributed by atoms with E-state index >= 15 is 0 Å². The van der Waals surface area contributed by atoms with Crippen molar-refractivity contribution in [3.63, 3.8) is 0 Å². The van der Waals surface area contributed by atoms with Gasteiger partial charge in [0.1, 0.15) is 31.9 Å². The molecule has 0 spiro atoms. The highest BCUT2D eigenvalue weighted by Gasteiger charge is 2.29. The molecule has 5 heteroatoms. The van der Waals surface area contributed by atoms with Crippen LogP contribution in [0.5, 0.6) is 5.75 Å². The molecule has 0 bridgehead atoms. The summed E-state index contributed by atoms with van der Waals surface area (Å²) in [5.41, 5.74) is 0.751. The van der Waals surface area contributed by atoms with Gasteiger partial charge in [0, 0.05) is 5.54 Å². The summed E-state index contributed by atoms with van der Waals surface area (Å²) in [6.07, 6.45) is -0.107. The van der Waals surface area contributed by atoms with E-state index in [1.54, 1.807) is 0 Å². The van der Waals surface area contributed by atoms with Crippen molar-refractivity contribution >= 4 is 0 Å². The summed E-state index contributed by atoms with van der Waals surface area (Å²) < 4.78 is 17.3. The van der Waals surface area contributed by atoms with E-state index in [2.05, 4.69) is 0 Å². The Morgan fingerprint density at radius 3 is 2.81 bits per heavy atom. The first-order chi connectivity index (χ1) is 10.0. The molecule has 1 aliphatic heterocycles. The number of para-hydroxylation sites is 1. The average molecular weight is 295 g/mol. The van der Waals surface area contributed by atoms with Gasteiger partial charge in [-0.05, 0) is 32.4 Å². The van der Waals surface area contributed by atoms with Crippen LogP contribution in [0, 0.1) is 6.92 Å². The SMILES string of the molecule is Cc1ccccc1OCC1COCN(C(C)(C)CO)CO1. The average Bonchev–Trinajstić information content (AvgIpc) is 2.72. The van der Waals surface area contributed by atoms with Crippen molar-refractivity contribution in [3.05, 3.63) is 29.8 Å². The Morgan fingerprint density at radius 2 is 2.10 bits per heavy atom. The Bertz CT molecular complexity index is 450. The van der Waals surface area contributed by atoms with Gasteiger partial charge >= 0.3 is 0 Å². The highest BCUT2D eigenvalue weighted by atomic mass is 16.6. The summed E-state index contributed by atoms with van der Waals surface area (Å²) >= 11 is 0. The molecule has 1 saturated heterocycles. The Kier molecular flexibility index (Phi) is 5.58. The lowest BCUT2D eigenvalue weighted by atomic mass is 10.1. The molecule has 2 rings (SSSR count). The van der Waals surface area contributed by atoms with Crippen LogP contribution in [0.2, 0.25) is 0 Å². The van der Waals surface area contributed by atoms with Gasteiger partial charge in [0.25, 0.3) is 0 Å². The van der Waals surface area contributed by atoms with E-state index in [9.17, 15) is 5.11 Å². The lowest BCUT2D eigenvalue weighted by Crippen LogP contribution is -2.48. The summed E-state index contributed by atoms with van der Waals surface area (Å²) in [6.45, 7) is 7.83. The number of rotatable bonds is 5. The fraction of sp³-hybridized carbons (Fsp3) is 0.625. The molecule has 1 aromatic rings. The second-order valence-corrected chi connectivity index (χ2v) is 6.00. The molecule has 1 unspecified atom stereocenters. The van der Waals surface area contributed by atoms with Crippen molar-refractivity contribution in [2.24, 2.45) is 0 Å². The van der Waals surface area contributed by atoms with Crippen molar-refractivity contribution in [1.29, 1.82) is 0 Å². The molecule has 0 saturated carbocycles. The van der Waals surface area contributed by atoms with Crippen molar-refractivity contribution in [3.8, 4) is 5.75 Å². The zero-order chi connectivity index (χ0) is 15.3. The second-order valence-electron chi connectivity index (χ2n) is 6.00. The maximum atomic E-state index is 9.41. The first-order valence-corrected chi connectivity index (χ1v) is 7.26. The molecule has 5 nitrogen and oxygen atoms in total. The molecular formula is C16H25NO4. The zero-order valence-corrected chi connectivity index (χ0v) is 13.0. The molecule has 0 aromatic heterocycles. The standard InChI is InChI=1S/C16H25NO4/c1-13-6-4-5-7-15(13)20-9-14-8-19-11-17(12-21-14)16(2,3)10-18/h4-7,14,18H,8-12H2,1-3H3. The van der Waals surface area contributed by atoms with Crippen LogP contribution in [-0.2, 0) is 9.47 Å². The van der Waals surface area contributed by atoms with Crippen LogP contribution >= 0.6 is 0 Å². The lowest BCUT2D eigenvalue weighted by molar-refractivity contribution is -0.0703. The number of hydrogen-bond donors (Lipinski definition) is 1. The van der Waals surface area contributed by atoms with Crippen molar-refractivity contribution in [2.45, 2.75) is 32.4 Å². The fourth-order valence-corrected chi connectivity index (χ4v) is 2.02. The molecule has 0 radical (unpaired) electrons. The van der Waals surface area contributed by atoms with Gasteiger partial charge < -0.3 is 19.3 Å². The highest BCUT2D eigenvalue weighted by Crippen LogP contribution is 2.19. The van der Waals surface area contributed by atoms with Crippen LogP contribution < -0.4 is 4.74 Å². The third-order valence-electron chi connectivity index (χ3n) is 3.78. The number of ether oxygens (including phenoxy) is 3. The summed E-state index contributed by atoms with van der Waals surface area (Å²) in [4.78, 5) is 1.97. The number of aryl methyl sites for hydroxylation is 1. The van der Waals surface area contributed by atoms with Crippen LogP contribution in [0.15, 0.2) is 24.3 Å². The van der Waals surface area contributed by atoms with E-state index in [4.69, 9.17) is 14.2 Å². The van der Waals surface area contributed by atoms with Gasteiger partial charge in [-0.25, -0.2) is 0 Å². The molecular weight excluding hydrogens is 270 g/mol. The first kappa shape index (κ1) is 16.2. The lowest BCUT2D eigenvalue weighted by Gasteiger charge is -2.34. The minimum atomic E-state index is -0.355. The Labute approximate surface area is 126 Å². The number of aliphatic hydroxyl groups excluding tert-OH is 1. The van der Waals surface area contributed by atoms with E-state index in [0.29, 0.717) is 26.7 Å². The highest BCUT2D eigenvalue weighted by molar-refractivity contribution is 5.31. The van der Waals surface area contributed by atoms with E-state index in [-0.39, 0.29) is 18.2 Å². The molecule has 21 heavy (non-hydrogen) atoms. The molecule has 0 aliphatic carbocycles. The Morgan fingerprint density at radius 1 is 1.33 bits per heavy atom. The second kappa shape index (κ2) is 7.22.